The van der Waals surface area contributed by atoms with Crippen LogP contribution >= 0.6 is 34.8 Å². The van der Waals surface area contributed by atoms with Crippen molar-refractivity contribution in [1.29, 1.82) is 0 Å². The third kappa shape index (κ3) is 4.34. The largest absolute Gasteiger partial charge is 0.336 e. The Labute approximate surface area is 193 Å². The van der Waals surface area contributed by atoms with E-state index in [9.17, 15) is 0 Å². The lowest BCUT2D eigenvalue weighted by molar-refractivity contribution is 0.608. The van der Waals surface area contributed by atoms with Crippen molar-refractivity contribution in [2.24, 2.45) is 0 Å². The van der Waals surface area contributed by atoms with E-state index in [1.807, 2.05) is 36.4 Å². The first-order chi connectivity index (χ1) is 14.3. The number of hydrogen-bond donors (Lipinski definition) is 0. The molecule has 3 nitrogen and oxygen atoms in total. The molecule has 4 rings (SSSR count). The van der Waals surface area contributed by atoms with Crippen LogP contribution in [0.3, 0.4) is 0 Å². The molecule has 0 aromatic heterocycles. The van der Waals surface area contributed by atoms with E-state index < -0.39 is 0 Å². The van der Waals surface area contributed by atoms with E-state index >= 15 is 0 Å². The monoisotopic (exact) mass is 459 g/mol. The lowest BCUT2D eigenvalue weighted by atomic mass is 10.1. The maximum atomic E-state index is 6.21. The molecule has 0 aliphatic carbocycles. The molecule has 6 heteroatoms. The van der Waals surface area contributed by atoms with Crippen LogP contribution in [0.4, 0.5) is 17.1 Å². The van der Waals surface area contributed by atoms with E-state index in [-0.39, 0.29) is 0 Å². The Morgan fingerprint density at radius 2 is 0.767 bits per heavy atom. The second-order valence-corrected chi connectivity index (χ2v) is 9.15. The molecule has 0 unspecified atom stereocenters. The molecule has 3 aromatic carbocycles. The van der Waals surface area contributed by atoms with Gasteiger partial charge in [-0.3, -0.25) is 0 Å². The molecule has 0 spiro atoms. The maximum Gasteiger partial charge on any atom is 0.0937 e. The molecular weight excluding hydrogens is 437 g/mol. The molecule has 0 saturated carbocycles. The summed E-state index contributed by atoms with van der Waals surface area (Å²) in [6.45, 7) is 8.62. The van der Waals surface area contributed by atoms with Crippen LogP contribution in [-0.4, -0.2) is 20.0 Å². The van der Waals surface area contributed by atoms with E-state index in [4.69, 9.17) is 34.8 Å². The summed E-state index contributed by atoms with van der Waals surface area (Å²) in [5.74, 6) is 0. The predicted molar refractivity (Wildman–Crippen MR) is 131 cm³/mol. The van der Waals surface area contributed by atoms with Gasteiger partial charge in [-0.15, -0.1) is 0 Å². The normalized spacial score (nSPS) is 14.4. The van der Waals surface area contributed by atoms with Crippen molar-refractivity contribution in [3.8, 4) is 0 Å². The molecule has 156 valence electrons. The fourth-order valence-electron chi connectivity index (χ4n) is 4.13. The summed E-state index contributed by atoms with van der Waals surface area (Å²) in [5.41, 5.74) is 6.99. The first-order valence-corrected chi connectivity index (χ1v) is 11.0. The van der Waals surface area contributed by atoms with Crippen molar-refractivity contribution in [2.75, 3.05) is 34.7 Å². The van der Waals surface area contributed by atoms with Gasteiger partial charge >= 0.3 is 0 Å². The molecule has 1 fully saturated rings. The molecule has 1 saturated heterocycles. The molecule has 1 aliphatic heterocycles. The second-order valence-electron chi connectivity index (χ2n) is 7.84. The molecule has 30 heavy (non-hydrogen) atoms. The summed E-state index contributed by atoms with van der Waals surface area (Å²) in [7, 11) is 0. The first kappa shape index (κ1) is 21.2. The average Bonchev–Trinajstić information content (AvgIpc) is 2.67. The highest BCUT2D eigenvalue weighted by molar-refractivity contribution is 6.31. The van der Waals surface area contributed by atoms with E-state index in [2.05, 4.69) is 53.7 Å². The molecular formula is C24H24Cl3N3. The Bertz CT molecular complexity index is 941. The van der Waals surface area contributed by atoms with Gasteiger partial charge in [0.05, 0.1) is 20.0 Å². The van der Waals surface area contributed by atoms with Crippen LogP contribution in [0.2, 0.25) is 15.1 Å². The standard InChI is InChI=1S/C24H24Cl3N3/c1-16-10-19(25)4-7-22(16)28-13-29(23-8-5-20(26)11-17(23)2)15-30(14-28)24-9-6-21(27)12-18(24)3/h4-12H,13-15H2,1-3H3. The molecule has 0 atom stereocenters. The van der Waals surface area contributed by atoms with Gasteiger partial charge in [0.1, 0.15) is 0 Å². The molecule has 0 N–H and O–H groups in total. The highest BCUT2D eigenvalue weighted by Crippen LogP contribution is 2.33. The van der Waals surface area contributed by atoms with Gasteiger partial charge in [0, 0.05) is 32.1 Å². The van der Waals surface area contributed by atoms with Crippen LogP contribution in [0.1, 0.15) is 16.7 Å². The predicted octanol–water partition coefficient (Wildman–Crippen LogP) is 7.28. The van der Waals surface area contributed by atoms with Crippen LogP contribution < -0.4 is 14.7 Å². The summed E-state index contributed by atoms with van der Waals surface area (Å²) in [5, 5.41) is 2.26. The van der Waals surface area contributed by atoms with Gasteiger partial charge in [0.2, 0.25) is 0 Å². The topological polar surface area (TPSA) is 9.72 Å². The quantitative estimate of drug-likeness (QED) is 0.406. The van der Waals surface area contributed by atoms with Gasteiger partial charge in [-0.2, -0.15) is 0 Å². The van der Waals surface area contributed by atoms with E-state index in [1.165, 1.54) is 17.1 Å². The fraction of sp³-hybridized carbons (Fsp3) is 0.250. The van der Waals surface area contributed by atoms with Gasteiger partial charge in [-0.25, -0.2) is 0 Å². The van der Waals surface area contributed by atoms with Crippen LogP contribution in [0.15, 0.2) is 54.6 Å². The lowest BCUT2D eigenvalue weighted by Crippen LogP contribution is -2.56. The minimum atomic E-state index is 0.754. The SMILES string of the molecule is Cc1cc(Cl)ccc1N1CN(c2ccc(Cl)cc2C)CN(c2ccc(Cl)cc2C)C1. The van der Waals surface area contributed by atoms with Gasteiger partial charge < -0.3 is 14.7 Å². The Morgan fingerprint density at radius 1 is 0.500 bits per heavy atom. The van der Waals surface area contributed by atoms with Crippen LogP contribution in [0, 0.1) is 20.8 Å². The number of halogens is 3. The maximum absolute atomic E-state index is 6.21. The smallest absolute Gasteiger partial charge is 0.0937 e. The Hall–Kier alpha value is -2.07. The van der Waals surface area contributed by atoms with Crippen molar-refractivity contribution in [3.63, 3.8) is 0 Å². The van der Waals surface area contributed by atoms with Crippen molar-refractivity contribution < 1.29 is 0 Å². The molecule has 3 aromatic rings. The van der Waals surface area contributed by atoms with Crippen molar-refractivity contribution in [3.05, 3.63) is 86.4 Å². The average molecular weight is 461 g/mol. The third-order valence-electron chi connectivity index (χ3n) is 5.52. The number of rotatable bonds is 3. The van der Waals surface area contributed by atoms with E-state index in [1.54, 1.807) is 0 Å². The molecule has 1 aliphatic rings. The Morgan fingerprint density at radius 3 is 1.00 bits per heavy atom. The summed E-state index contributed by atoms with van der Waals surface area (Å²) >= 11 is 18.6. The van der Waals surface area contributed by atoms with Gasteiger partial charge in [-0.1, -0.05) is 34.8 Å². The Kier molecular flexibility index (Phi) is 6.06. The summed E-state index contributed by atoms with van der Waals surface area (Å²) < 4.78 is 0. The zero-order valence-corrected chi connectivity index (χ0v) is 19.6. The van der Waals surface area contributed by atoms with Crippen LogP contribution in [-0.2, 0) is 0 Å². The third-order valence-corrected chi connectivity index (χ3v) is 6.23. The van der Waals surface area contributed by atoms with E-state index in [0.717, 1.165) is 51.8 Å². The summed E-state index contributed by atoms with van der Waals surface area (Å²) in [6, 6.07) is 18.2. The zero-order chi connectivity index (χ0) is 21.4. The first-order valence-electron chi connectivity index (χ1n) is 9.85. The van der Waals surface area contributed by atoms with Crippen LogP contribution in [0.5, 0.6) is 0 Å². The van der Waals surface area contributed by atoms with Gasteiger partial charge in [0.25, 0.3) is 0 Å². The summed E-state index contributed by atoms with van der Waals surface area (Å²) in [6.07, 6.45) is 0. The second kappa shape index (κ2) is 8.58. The fourth-order valence-corrected chi connectivity index (χ4v) is 4.81. The molecule has 0 radical (unpaired) electrons. The number of benzene rings is 3. The number of nitrogens with zero attached hydrogens (tertiary/aromatic N) is 3. The zero-order valence-electron chi connectivity index (χ0n) is 17.3. The number of hydrogen-bond acceptors (Lipinski definition) is 3. The number of anilines is 3. The minimum Gasteiger partial charge on any atom is -0.336 e. The molecule has 1 heterocycles. The van der Waals surface area contributed by atoms with Gasteiger partial charge in [0.15, 0.2) is 0 Å². The molecule has 0 bridgehead atoms. The minimum absolute atomic E-state index is 0.754. The van der Waals surface area contributed by atoms with E-state index in [0.29, 0.717) is 0 Å². The lowest BCUT2D eigenvalue weighted by Gasteiger charge is -2.46. The number of aryl methyl sites for hydroxylation is 3. The van der Waals surface area contributed by atoms with Crippen LogP contribution in [0.25, 0.3) is 0 Å². The van der Waals surface area contributed by atoms with Gasteiger partial charge in [-0.05, 0) is 92.1 Å². The van der Waals surface area contributed by atoms with Crippen molar-refractivity contribution >= 4 is 51.9 Å². The Balaban J connectivity index is 1.75. The molecule has 0 amide bonds. The summed E-state index contributed by atoms with van der Waals surface area (Å²) in [4.78, 5) is 7.12. The van der Waals surface area contributed by atoms with Crippen molar-refractivity contribution in [2.45, 2.75) is 20.8 Å². The van der Waals surface area contributed by atoms with Crippen molar-refractivity contribution in [1.82, 2.24) is 0 Å². The highest BCUT2D eigenvalue weighted by Gasteiger charge is 2.26. The highest BCUT2D eigenvalue weighted by atomic mass is 35.5.